The molecule has 1 aromatic rings. The van der Waals surface area contributed by atoms with Gasteiger partial charge in [-0.05, 0) is 42.9 Å². The third-order valence-electron chi connectivity index (χ3n) is 3.83. The van der Waals surface area contributed by atoms with Crippen molar-refractivity contribution in [1.29, 1.82) is 5.26 Å². The Labute approximate surface area is 154 Å². The molecule has 26 heavy (non-hydrogen) atoms. The summed E-state index contributed by atoms with van der Waals surface area (Å²) < 4.78 is 0. The molecule has 0 aliphatic heterocycles. The van der Waals surface area contributed by atoms with Crippen molar-refractivity contribution in [2.24, 2.45) is 5.92 Å². The minimum Gasteiger partial charge on any atom is -0.480 e. The van der Waals surface area contributed by atoms with Crippen molar-refractivity contribution < 1.29 is 14.7 Å². The fraction of sp³-hybridized carbons (Fsp3) is 0.450. The number of amides is 1. The Morgan fingerprint density at radius 3 is 2.42 bits per heavy atom. The average Bonchev–Trinajstić information content (AvgIpc) is 2.60. The summed E-state index contributed by atoms with van der Waals surface area (Å²) in [4.78, 5) is 23.4. The number of rotatable bonds is 10. The zero-order valence-electron chi connectivity index (χ0n) is 15.6. The summed E-state index contributed by atoms with van der Waals surface area (Å²) in [6.07, 6.45) is 4.88. The Balaban J connectivity index is 2.73. The molecule has 6 nitrogen and oxygen atoms in total. The summed E-state index contributed by atoms with van der Waals surface area (Å²) in [5.74, 6) is -1.71. The first-order valence-corrected chi connectivity index (χ1v) is 8.86. The van der Waals surface area contributed by atoms with Gasteiger partial charge < -0.3 is 15.7 Å². The van der Waals surface area contributed by atoms with Crippen LogP contribution in [0.5, 0.6) is 0 Å². The van der Waals surface area contributed by atoms with Crippen molar-refractivity contribution in [3.63, 3.8) is 0 Å². The molecular formula is C20H27N3O3. The van der Waals surface area contributed by atoms with Gasteiger partial charge in [-0.2, -0.15) is 5.26 Å². The number of carboxylic acids is 1. The number of aryl methyl sites for hydroxylation is 1. The van der Waals surface area contributed by atoms with Gasteiger partial charge in [0.2, 0.25) is 0 Å². The number of carbonyl (C=O) groups excluding carboxylic acids is 1. The van der Waals surface area contributed by atoms with Crippen molar-refractivity contribution in [2.75, 3.05) is 5.32 Å². The number of hydrogen-bond acceptors (Lipinski definition) is 4. The SMILES string of the molecule is CCCCc1ccc(N/C=C(/C#N)C(=O)NC(CC(C)C)C(=O)O)cc1. The second-order valence-corrected chi connectivity index (χ2v) is 6.61. The fourth-order valence-corrected chi connectivity index (χ4v) is 2.38. The van der Waals surface area contributed by atoms with Crippen LogP contribution in [-0.2, 0) is 16.0 Å². The molecular weight excluding hydrogens is 330 g/mol. The molecule has 0 aromatic heterocycles. The maximum atomic E-state index is 12.2. The van der Waals surface area contributed by atoms with Gasteiger partial charge in [-0.3, -0.25) is 4.79 Å². The van der Waals surface area contributed by atoms with E-state index >= 15 is 0 Å². The highest BCUT2D eigenvalue weighted by Gasteiger charge is 2.22. The van der Waals surface area contributed by atoms with Crippen LogP contribution in [0.2, 0.25) is 0 Å². The van der Waals surface area contributed by atoms with Gasteiger partial charge >= 0.3 is 5.97 Å². The molecule has 0 bridgehead atoms. The van der Waals surface area contributed by atoms with Gasteiger partial charge in [0, 0.05) is 11.9 Å². The van der Waals surface area contributed by atoms with E-state index in [2.05, 4.69) is 17.6 Å². The van der Waals surface area contributed by atoms with Crippen LogP contribution in [0.4, 0.5) is 5.69 Å². The first-order chi connectivity index (χ1) is 12.4. The molecule has 6 heteroatoms. The number of nitriles is 1. The Bertz CT molecular complexity index is 673. The summed E-state index contributed by atoms with van der Waals surface area (Å²) >= 11 is 0. The predicted octanol–water partition coefficient (Wildman–Crippen LogP) is 3.46. The molecule has 1 amide bonds. The summed E-state index contributed by atoms with van der Waals surface area (Å²) in [5, 5.41) is 23.7. The van der Waals surface area contributed by atoms with E-state index in [0.717, 1.165) is 24.9 Å². The molecule has 0 aliphatic rings. The second-order valence-electron chi connectivity index (χ2n) is 6.61. The van der Waals surface area contributed by atoms with E-state index in [9.17, 15) is 20.0 Å². The van der Waals surface area contributed by atoms with Crippen LogP contribution in [0.15, 0.2) is 36.0 Å². The largest absolute Gasteiger partial charge is 0.480 e. The third-order valence-corrected chi connectivity index (χ3v) is 3.83. The van der Waals surface area contributed by atoms with E-state index in [0.29, 0.717) is 6.42 Å². The Morgan fingerprint density at radius 2 is 1.92 bits per heavy atom. The Kier molecular flexibility index (Phi) is 8.93. The molecule has 1 unspecified atom stereocenters. The van der Waals surface area contributed by atoms with Gasteiger partial charge in [0.05, 0.1) is 0 Å². The molecule has 1 atom stereocenters. The van der Waals surface area contributed by atoms with Crippen molar-refractivity contribution in [2.45, 2.75) is 52.5 Å². The van der Waals surface area contributed by atoms with Crippen LogP contribution in [0.25, 0.3) is 0 Å². The van der Waals surface area contributed by atoms with Crippen molar-refractivity contribution >= 4 is 17.6 Å². The van der Waals surface area contributed by atoms with Crippen LogP contribution in [0.1, 0.15) is 45.6 Å². The minimum atomic E-state index is -1.11. The lowest BCUT2D eigenvalue weighted by molar-refractivity contribution is -0.141. The summed E-state index contributed by atoms with van der Waals surface area (Å²) in [6, 6.07) is 8.55. The molecule has 0 saturated carbocycles. The number of aliphatic carboxylic acids is 1. The number of carbonyl (C=O) groups is 2. The fourth-order valence-electron chi connectivity index (χ4n) is 2.38. The first-order valence-electron chi connectivity index (χ1n) is 8.86. The van der Waals surface area contributed by atoms with Crippen molar-refractivity contribution in [3.8, 4) is 6.07 Å². The molecule has 0 fully saturated rings. The molecule has 0 radical (unpaired) electrons. The van der Waals surface area contributed by atoms with Crippen LogP contribution >= 0.6 is 0 Å². The monoisotopic (exact) mass is 357 g/mol. The van der Waals surface area contributed by atoms with Crippen LogP contribution in [0, 0.1) is 17.2 Å². The smallest absolute Gasteiger partial charge is 0.326 e. The highest BCUT2D eigenvalue weighted by atomic mass is 16.4. The maximum absolute atomic E-state index is 12.2. The molecule has 0 heterocycles. The number of benzene rings is 1. The average molecular weight is 357 g/mol. The molecule has 0 saturated heterocycles. The Morgan fingerprint density at radius 1 is 1.27 bits per heavy atom. The van der Waals surface area contributed by atoms with E-state index in [1.165, 1.54) is 11.8 Å². The molecule has 0 spiro atoms. The zero-order chi connectivity index (χ0) is 19.5. The minimum absolute atomic E-state index is 0.107. The van der Waals surface area contributed by atoms with E-state index in [-0.39, 0.29) is 11.5 Å². The third kappa shape index (κ3) is 7.39. The standard InChI is InChI=1S/C20H27N3O3/c1-4-5-6-15-7-9-17(10-8-15)22-13-16(12-21)19(24)23-18(20(25)26)11-14(2)3/h7-10,13-14,18,22H,4-6,11H2,1-3H3,(H,23,24)(H,25,26)/b16-13-. The van der Waals surface area contributed by atoms with Gasteiger partial charge in [-0.1, -0.05) is 39.3 Å². The lowest BCUT2D eigenvalue weighted by Gasteiger charge is -2.16. The molecule has 140 valence electrons. The van der Waals surface area contributed by atoms with E-state index in [1.807, 2.05) is 38.1 Å². The van der Waals surface area contributed by atoms with Crippen LogP contribution in [0.3, 0.4) is 0 Å². The van der Waals surface area contributed by atoms with Gasteiger partial charge in [0.15, 0.2) is 0 Å². The number of carboxylic acid groups (broad SMARTS) is 1. The second kappa shape index (κ2) is 10.9. The number of anilines is 1. The highest BCUT2D eigenvalue weighted by molar-refractivity contribution is 5.99. The molecule has 0 aliphatic carbocycles. The number of nitrogens with zero attached hydrogens (tertiary/aromatic N) is 1. The lowest BCUT2D eigenvalue weighted by atomic mass is 10.0. The molecule has 1 aromatic carbocycles. The quantitative estimate of drug-likeness (QED) is 0.439. The first kappa shape index (κ1) is 21.2. The van der Waals surface area contributed by atoms with Crippen LogP contribution < -0.4 is 10.6 Å². The van der Waals surface area contributed by atoms with Gasteiger partial charge in [-0.25, -0.2) is 4.79 Å². The normalized spacial score (nSPS) is 12.3. The molecule has 1 rings (SSSR count). The summed E-state index contributed by atoms with van der Waals surface area (Å²) in [7, 11) is 0. The maximum Gasteiger partial charge on any atom is 0.326 e. The topological polar surface area (TPSA) is 102 Å². The number of unbranched alkanes of at least 4 members (excludes halogenated alkanes) is 1. The van der Waals surface area contributed by atoms with E-state index in [4.69, 9.17) is 0 Å². The van der Waals surface area contributed by atoms with Crippen molar-refractivity contribution in [3.05, 3.63) is 41.6 Å². The summed E-state index contributed by atoms with van der Waals surface area (Å²) in [5.41, 5.74) is 1.82. The lowest BCUT2D eigenvalue weighted by Crippen LogP contribution is -2.42. The van der Waals surface area contributed by atoms with Crippen LogP contribution in [-0.4, -0.2) is 23.0 Å². The number of hydrogen-bond donors (Lipinski definition) is 3. The van der Waals surface area contributed by atoms with Gasteiger partial charge in [0.25, 0.3) is 5.91 Å². The molecule has 3 N–H and O–H groups in total. The van der Waals surface area contributed by atoms with E-state index < -0.39 is 17.9 Å². The predicted molar refractivity (Wildman–Crippen MR) is 101 cm³/mol. The highest BCUT2D eigenvalue weighted by Crippen LogP contribution is 2.12. The van der Waals surface area contributed by atoms with Gasteiger partial charge in [-0.15, -0.1) is 0 Å². The zero-order valence-corrected chi connectivity index (χ0v) is 15.6. The van der Waals surface area contributed by atoms with Gasteiger partial charge in [0.1, 0.15) is 17.7 Å². The summed E-state index contributed by atoms with van der Waals surface area (Å²) in [6.45, 7) is 5.88. The Hall–Kier alpha value is -2.81. The number of nitrogens with one attached hydrogen (secondary N) is 2. The van der Waals surface area contributed by atoms with Crippen molar-refractivity contribution in [1.82, 2.24) is 5.32 Å². The van der Waals surface area contributed by atoms with E-state index in [1.54, 1.807) is 6.07 Å².